The summed E-state index contributed by atoms with van der Waals surface area (Å²) in [5.74, 6) is -0.264. The summed E-state index contributed by atoms with van der Waals surface area (Å²) in [7, 11) is 1.60. The van der Waals surface area contributed by atoms with Crippen molar-refractivity contribution in [1.29, 1.82) is 0 Å². The highest BCUT2D eigenvalue weighted by Gasteiger charge is 2.42. The number of halogens is 1. The maximum absolute atomic E-state index is 12.1. The van der Waals surface area contributed by atoms with Crippen LogP contribution in [0.25, 0.3) is 0 Å². The Morgan fingerprint density at radius 2 is 2.22 bits per heavy atom. The first-order chi connectivity index (χ1) is 8.46. The second kappa shape index (κ2) is 4.81. The third kappa shape index (κ3) is 2.32. The lowest BCUT2D eigenvalue weighted by Gasteiger charge is -2.22. The van der Waals surface area contributed by atoms with E-state index >= 15 is 0 Å². The van der Waals surface area contributed by atoms with Crippen LogP contribution in [0, 0.1) is 5.41 Å². The number of nitrogens with one attached hydrogen (secondary N) is 1. The summed E-state index contributed by atoms with van der Waals surface area (Å²) in [6.45, 7) is 2.79. The molecule has 0 aromatic carbocycles. The van der Waals surface area contributed by atoms with Crippen molar-refractivity contribution in [2.75, 3.05) is 20.1 Å². The lowest BCUT2D eigenvalue weighted by Crippen LogP contribution is -2.40. The molecular weight excluding hydrogens is 276 g/mol. The molecule has 1 saturated heterocycles. The molecule has 1 atom stereocenters. The lowest BCUT2D eigenvalue weighted by atomic mass is 9.89. The molecule has 0 saturated carbocycles. The number of carbonyl (C=O) groups excluding carboxylic acids is 2. The Labute approximate surface area is 113 Å². The van der Waals surface area contributed by atoms with Crippen LogP contribution in [0.1, 0.15) is 23.1 Å². The van der Waals surface area contributed by atoms with E-state index in [1.807, 2.05) is 6.92 Å². The minimum atomic E-state index is -0.529. The van der Waals surface area contributed by atoms with Gasteiger partial charge in [0.2, 0.25) is 15.4 Å². The average molecular weight is 289 g/mol. The molecule has 98 valence electrons. The van der Waals surface area contributed by atoms with Gasteiger partial charge in [0.05, 0.1) is 5.41 Å². The Bertz CT molecular complexity index is 492. The standard InChI is InChI=1S/C10H13ClN4O2S/c1-10(8(17)12-2)3-4-15(5-10)7(16)6-13-14-9(11)18-6/h3-5H2,1-2H3,(H,12,17). The molecule has 1 aliphatic heterocycles. The van der Waals surface area contributed by atoms with E-state index in [0.29, 0.717) is 19.5 Å². The van der Waals surface area contributed by atoms with Gasteiger partial charge >= 0.3 is 0 Å². The number of nitrogens with zero attached hydrogens (tertiary/aromatic N) is 3. The number of aromatic nitrogens is 2. The van der Waals surface area contributed by atoms with Gasteiger partial charge in [-0.3, -0.25) is 9.59 Å². The van der Waals surface area contributed by atoms with Crippen molar-refractivity contribution in [1.82, 2.24) is 20.4 Å². The molecule has 0 spiro atoms. The van der Waals surface area contributed by atoms with Crippen LogP contribution < -0.4 is 5.32 Å². The van der Waals surface area contributed by atoms with E-state index in [4.69, 9.17) is 11.6 Å². The third-order valence-electron chi connectivity index (χ3n) is 3.12. The van der Waals surface area contributed by atoms with Gasteiger partial charge in [-0.2, -0.15) is 0 Å². The average Bonchev–Trinajstić information content (AvgIpc) is 2.95. The van der Waals surface area contributed by atoms with Gasteiger partial charge < -0.3 is 10.2 Å². The minimum absolute atomic E-state index is 0.0481. The molecule has 1 unspecified atom stereocenters. The minimum Gasteiger partial charge on any atom is -0.359 e. The molecule has 18 heavy (non-hydrogen) atoms. The zero-order chi connectivity index (χ0) is 13.3. The normalized spacial score (nSPS) is 23.2. The highest BCUT2D eigenvalue weighted by atomic mass is 35.5. The van der Waals surface area contributed by atoms with Gasteiger partial charge in [0.25, 0.3) is 5.91 Å². The second-order valence-electron chi connectivity index (χ2n) is 4.48. The van der Waals surface area contributed by atoms with Crippen molar-refractivity contribution in [2.24, 2.45) is 5.41 Å². The smallest absolute Gasteiger partial charge is 0.284 e. The second-order valence-corrected chi connectivity index (χ2v) is 6.04. The molecule has 6 nitrogen and oxygen atoms in total. The molecule has 2 rings (SSSR count). The van der Waals surface area contributed by atoms with Crippen molar-refractivity contribution in [3.8, 4) is 0 Å². The number of hydrogen-bond acceptors (Lipinski definition) is 5. The van der Waals surface area contributed by atoms with Gasteiger partial charge in [0.1, 0.15) is 0 Å². The number of rotatable bonds is 2. The molecule has 0 bridgehead atoms. The topological polar surface area (TPSA) is 75.2 Å². The molecule has 1 aromatic heterocycles. The monoisotopic (exact) mass is 288 g/mol. The van der Waals surface area contributed by atoms with Crippen LogP contribution in [0.2, 0.25) is 4.47 Å². The van der Waals surface area contributed by atoms with E-state index in [-0.39, 0.29) is 21.3 Å². The quantitative estimate of drug-likeness (QED) is 0.873. The summed E-state index contributed by atoms with van der Waals surface area (Å²) >= 11 is 6.70. The summed E-state index contributed by atoms with van der Waals surface area (Å²) < 4.78 is 0.242. The van der Waals surface area contributed by atoms with E-state index in [9.17, 15) is 9.59 Å². The van der Waals surface area contributed by atoms with E-state index in [1.54, 1.807) is 11.9 Å². The van der Waals surface area contributed by atoms with Gasteiger partial charge in [-0.25, -0.2) is 0 Å². The third-order valence-corrected chi connectivity index (χ3v) is 4.13. The predicted molar refractivity (Wildman–Crippen MR) is 67.6 cm³/mol. The molecule has 2 heterocycles. The van der Waals surface area contributed by atoms with Gasteiger partial charge in [0, 0.05) is 20.1 Å². The largest absolute Gasteiger partial charge is 0.359 e. The Hall–Kier alpha value is -1.21. The molecule has 2 amide bonds. The number of amides is 2. The molecular formula is C10H13ClN4O2S. The fourth-order valence-corrected chi connectivity index (χ4v) is 2.84. The van der Waals surface area contributed by atoms with Crippen LogP contribution in [0.15, 0.2) is 0 Å². The Balaban J connectivity index is 2.09. The SMILES string of the molecule is CNC(=O)C1(C)CCN(C(=O)c2nnc(Cl)s2)C1. The van der Waals surface area contributed by atoms with Gasteiger partial charge in [-0.1, -0.05) is 11.3 Å². The summed E-state index contributed by atoms with van der Waals surface area (Å²) in [4.78, 5) is 25.5. The Morgan fingerprint density at radius 3 is 2.78 bits per heavy atom. The first-order valence-electron chi connectivity index (χ1n) is 5.47. The molecule has 1 aliphatic rings. The Kier molecular flexibility index (Phi) is 3.54. The van der Waals surface area contributed by atoms with Gasteiger partial charge in [-0.05, 0) is 24.9 Å². The van der Waals surface area contributed by atoms with Crippen LogP contribution in [0.3, 0.4) is 0 Å². The van der Waals surface area contributed by atoms with E-state index < -0.39 is 5.41 Å². The first-order valence-corrected chi connectivity index (χ1v) is 6.66. The maximum atomic E-state index is 12.1. The fourth-order valence-electron chi connectivity index (χ4n) is 2.05. The first kappa shape index (κ1) is 13.2. The van der Waals surface area contributed by atoms with Crippen molar-refractivity contribution >= 4 is 34.8 Å². The van der Waals surface area contributed by atoms with Crippen molar-refractivity contribution < 1.29 is 9.59 Å². The predicted octanol–water partition coefficient (Wildman–Crippen LogP) is 0.790. The van der Waals surface area contributed by atoms with Crippen LogP contribution in [-0.2, 0) is 4.79 Å². The van der Waals surface area contributed by atoms with Crippen LogP contribution in [0.4, 0.5) is 0 Å². The van der Waals surface area contributed by atoms with E-state index in [1.165, 1.54) is 0 Å². The van der Waals surface area contributed by atoms with Crippen LogP contribution in [-0.4, -0.2) is 47.0 Å². The summed E-state index contributed by atoms with van der Waals surface area (Å²) in [5.41, 5.74) is -0.529. The number of hydrogen-bond donors (Lipinski definition) is 1. The van der Waals surface area contributed by atoms with Crippen molar-refractivity contribution in [3.63, 3.8) is 0 Å². The zero-order valence-electron chi connectivity index (χ0n) is 10.1. The highest BCUT2D eigenvalue weighted by molar-refractivity contribution is 7.17. The van der Waals surface area contributed by atoms with Gasteiger partial charge in [-0.15, -0.1) is 10.2 Å². The summed E-state index contributed by atoms with van der Waals surface area (Å²) in [6, 6.07) is 0. The molecule has 1 N–H and O–H groups in total. The molecule has 0 radical (unpaired) electrons. The van der Waals surface area contributed by atoms with Crippen LogP contribution >= 0.6 is 22.9 Å². The van der Waals surface area contributed by atoms with Crippen molar-refractivity contribution in [3.05, 3.63) is 9.47 Å². The van der Waals surface area contributed by atoms with Gasteiger partial charge in [0.15, 0.2) is 0 Å². The highest BCUT2D eigenvalue weighted by Crippen LogP contribution is 2.31. The molecule has 0 aliphatic carbocycles. The molecule has 1 fully saturated rings. The van der Waals surface area contributed by atoms with Crippen molar-refractivity contribution in [2.45, 2.75) is 13.3 Å². The summed E-state index contributed by atoms with van der Waals surface area (Å²) in [5, 5.41) is 10.2. The van der Waals surface area contributed by atoms with Crippen LogP contribution in [0.5, 0.6) is 0 Å². The van der Waals surface area contributed by atoms with E-state index in [2.05, 4.69) is 15.5 Å². The Morgan fingerprint density at radius 1 is 1.50 bits per heavy atom. The molecule has 8 heteroatoms. The number of likely N-dealkylation sites (tertiary alicyclic amines) is 1. The fraction of sp³-hybridized carbons (Fsp3) is 0.600. The number of carbonyl (C=O) groups is 2. The molecule has 1 aromatic rings. The lowest BCUT2D eigenvalue weighted by molar-refractivity contribution is -0.128. The summed E-state index contributed by atoms with van der Waals surface area (Å²) in [6.07, 6.45) is 0.644. The van der Waals surface area contributed by atoms with E-state index in [0.717, 1.165) is 11.3 Å². The maximum Gasteiger partial charge on any atom is 0.284 e. The zero-order valence-corrected chi connectivity index (χ0v) is 11.6.